The standard InChI is InChI=1S/C20H24ClN3O3S/c1-15-11-16(2)13-17(12-15)22-20(25)14-23-7-9-24(10-8-23)28(26,27)19-6-4-3-5-18(19)21/h3-6,11-13H,7-10,14H2,1-2H3,(H,22,25). The van der Waals surface area contributed by atoms with Crippen molar-refractivity contribution in [1.29, 1.82) is 0 Å². The van der Waals surface area contributed by atoms with Gasteiger partial charge in [-0.2, -0.15) is 4.31 Å². The van der Waals surface area contributed by atoms with Gasteiger partial charge in [-0.25, -0.2) is 8.42 Å². The van der Waals surface area contributed by atoms with Crippen LogP contribution >= 0.6 is 11.6 Å². The molecule has 150 valence electrons. The number of rotatable bonds is 5. The largest absolute Gasteiger partial charge is 0.325 e. The van der Waals surface area contributed by atoms with Crippen LogP contribution in [0.2, 0.25) is 5.02 Å². The molecular formula is C20H24ClN3O3S. The van der Waals surface area contributed by atoms with Gasteiger partial charge in [-0.05, 0) is 49.2 Å². The quantitative estimate of drug-likeness (QED) is 0.805. The SMILES string of the molecule is Cc1cc(C)cc(NC(=O)CN2CCN(S(=O)(=O)c3ccccc3Cl)CC2)c1. The van der Waals surface area contributed by atoms with Crippen molar-refractivity contribution in [2.24, 2.45) is 0 Å². The van der Waals surface area contributed by atoms with Crippen molar-refractivity contribution in [2.45, 2.75) is 18.7 Å². The van der Waals surface area contributed by atoms with Gasteiger partial charge >= 0.3 is 0 Å². The summed E-state index contributed by atoms with van der Waals surface area (Å²) in [4.78, 5) is 14.4. The summed E-state index contributed by atoms with van der Waals surface area (Å²) in [5.41, 5.74) is 2.96. The third kappa shape index (κ3) is 4.91. The molecule has 1 fully saturated rings. The zero-order valence-corrected chi connectivity index (χ0v) is 17.6. The summed E-state index contributed by atoms with van der Waals surface area (Å²) in [6, 6.07) is 12.4. The van der Waals surface area contributed by atoms with E-state index in [1.165, 1.54) is 10.4 Å². The molecule has 1 heterocycles. The van der Waals surface area contributed by atoms with E-state index in [0.29, 0.717) is 26.2 Å². The van der Waals surface area contributed by atoms with Gasteiger partial charge < -0.3 is 5.32 Å². The van der Waals surface area contributed by atoms with Gasteiger partial charge in [0.1, 0.15) is 4.90 Å². The molecule has 0 atom stereocenters. The van der Waals surface area contributed by atoms with E-state index in [0.717, 1.165) is 16.8 Å². The van der Waals surface area contributed by atoms with Gasteiger partial charge in [0.2, 0.25) is 15.9 Å². The Balaban J connectivity index is 1.56. The van der Waals surface area contributed by atoms with E-state index < -0.39 is 10.0 Å². The summed E-state index contributed by atoms with van der Waals surface area (Å²) in [5, 5.41) is 3.14. The summed E-state index contributed by atoms with van der Waals surface area (Å²) in [5.74, 6) is -0.104. The van der Waals surface area contributed by atoms with E-state index in [-0.39, 0.29) is 22.4 Å². The normalized spacial score (nSPS) is 16.1. The molecule has 1 N–H and O–H groups in total. The molecule has 0 spiro atoms. The molecule has 1 saturated heterocycles. The Hall–Kier alpha value is -1.93. The highest BCUT2D eigenvalue weighted by molar-refractivity contribution is 7.89. The zero-order valence-electron chi connectivity index (χ0n) is 16.0. The summed E-state index contributed by atoms with van der Waals surface area (Å²) in [6.45, 7) is 5.83. The fraction of sp³-hybridized carbons (Fsp3) is 0.350. The monoisotopic (exact) mass is 421 g/mol. The van der Waals surface area contributed by atoms with E-state index in [1.54, 1.807) is 18.2 Å². The molecule has 0 unspecified atom stereocenters. The molecule has 0 radical (unpaired) electrons. The number of nitrogens with one attached hydrogen (secondary N) is 1. The molecule has 0 aromatic heterocycles. The number of anilines is 1. The predicted molar refractivity (Wildman–Crippen MR) is 111 cm³/mol. The Kier molecular flexibility index (Phi) is 6.40. The molecule has 0 bridgehead atoms. The highest BCUT2D eigenvalue weighted by Gasteiger charge is 2.30. The molecular weight excluding hydrogens is 398 g/mol. The van der Waals surface area contributed by atoms with Crippen LogP contribution in [0, 0.1) is 13.8 Å². The van der Waals surface area contributed by atoms with Gasteiger partial charge in [0, 0.05) is 31.9 Å². The lowest BCUT2D eigenvalue weighted by Crippen LogP contribution is -2.50. The molecule has 1 aliphatic heterocycles. The van der Waals surface area contributed by atoms with Crippen molar-refractivity contribution in [3.05, 3.63) is 58.6 Å². The number of benzene rings is 2. The maximum absolute atomic E-state index is 12.8. The van der Waals surface area contributed by atoms with Crippen LogP contribution in [0.25, 0.3) is 0 Å². The molecule has 3 rings (SSSR count). The Bertz CT molecular complexity index is 950. The number of halogens is 1. The molecule has 0 aliphatic carbocycles. The summed E-state index contributed by atoms with van der Waals surface area (Å²) >= 11 is 6.06. The topological polar surface area (TPSA) is 69.7 Å². The second-order valence-corrected chi connectivity index (χ2v) is 9.35. The number of sulfonamides is 1. The average molecular weight is 422 g/mol. The van der Waals surface area contributed by atoms with E-state index in [4.69, 9.17) is 11.6 Å². The molecule has 6 nitrogen and oxygen atoms in total. The molecule has 28 heavy (non-hydrogen) atoms. The Morgan fingerprint density at radius 1 is 1.04 bits per heavy atom. The fourth-order valence-electron chi connectivity index (χ4n) is 3.37. The molecule has 1 amide bonds. The lowest BCUT2D eigenvalue weighted by Gasteiger charge is -2.33. The number of amides is 1. The summed E-state index contributed by atoms with van der Waals surface area (Å²) < 4.78 is 27.0. The first-order valence-corrected chi connectivity index (χ1v) is 10.9. The van der Waals surface area contributed by atoms with Crippen molar-refractivity contribution >= 4 is 33.2 Å². The molecule has 8 heteroatoms. The number of piperazine rings is 1. The maximum atomic E-state index is 12.8. The summed E-state index contributed by atoms with van der Waals surface area (Å²) in [6.07, 6.45) is 0. The van der Waals surface area contributed by atoms with E-state index >= 15 is 0 Å². The van der Waals surface area contributed by atoms with Gasteiger partial charge in [0.05, 0.1) is 11.6 Å². The number of carbonyl (C=O) groups excluding carboxylic acids is 1. The van der Waals surface area contributed by atoms with Gasteiger partial charge in [0.15, 0.2) is 0 Å². The van der Waals surface area contributed by atoms with Crippen molar-refractivity contribution in [3.63, 3.8) is 0 Å². The van der Waals surface area contributed by atoms with Crippen molar-refractivity contribution in [2.75, 3.05) is 38.0 Å². The van der Waals surface area contributed by atoms with Gasteiger partial charge in [-0.3, -0.25) is 9.69 Å². The number of hydrogen-bond donors (Lipinski definition) is 1. The first-order valence-electron chi connectivity index (χ1n) is 9.11. The third-order valence-electron chi connectivity index (χ3n) is 4.66. The smallest absolute Gasteiger partial charge is 0.244 e. The number of nitrogens with zero attached hydrogens (tertiary/aromatic N) is 2. The predicted octanol–water partition coefficient (Wildman–Crippen LogP) is 2.90. The minimum Gasteiger partial charge on any atom is -0.325 e. The fourth-order valence-corrected chi connectivity index (χ4v) is 5.29. The molecule has 0 saturated carbocycles. The van der Waals surface area contributed by atoms with E-state index in [2.05, 4.69) is 5.32 Å². The second kappa shape index (κ2) is 8.61. The highest BCUT2D eigenvalue weighted by Crippen LogP contribution is 2.25. The average Bonchev–Trinajstić information content (AvgIpc) is 2.61. The summed E-state index contributed by atoms with van der Waals surface area (Å²) in [7, 11) is -3.63. The first-order chi connectivity index (χ1) is 13.3. The Morgan fingerprint density at radius 3 is 2.25 bits per heavy atom. The minimum atomic E-state index is -3.63. The highest BCUT2D eigenvalue weighted by atomic mass is 35.5. The van der Waals surface area contributed by atoms with Crippen LogP contribution < -0.4 is 5.32 Å². The Labute approximate surface area is 171 Å². The number of aryl methyl sites for hydroxylation is 2. The first kappa shape index (κ1) is 20.8. The van der Waals surface area contributed by atoms with Crippen molar-refractivity contribution in [3.8, 4) is 0 Å². The van der Waals surface area contributed by atoms with Crippen molar-refractivity contribution < 1.29 is 13.2 Å². The van der Waals surface area contributed by atoms with E-state index in [1.807, 2.05) is 36.9 Å². The number of hydrogen-bond acceptors (Lipinski definition) is 4. The lowest BCUT2D eigenvalue weighted by atomic mass is 10.1. The second-order valence-electron chi connectivity index (χ2n) is 7.04. The van der Waals surface area contributed by atoms with Crippen molar-refractivity contribution in [1.82, 2.24) is 9.21 Å². The minimum absolute atomic E-state index is 0.104. The van der Waals surface area contributed by atoms with Crippen LogP contribution in [0.1, 0.15) is 11.1 Å². The van der Waals surface area contributed by atoms with Crippen LogP contribution in [0.5, 0.6) is 0 Å². The Morgan fingerprint density at radius 2 is 1.64 bits per heavy atom. The third-order valence-corrected chi connectivity index (χ3v) is 7.06. The zero-order chi connectivity index (χ0) is 20.3. The number of carbonyl (C=O) groups is 1. The van der Waals surface area contributed by atoms with Gasteiger partial charge in [-0.15, -0.1) is 0 Å². The van der Waals surface area contributed by atoms with Crippen LogP contribution in [-0.4, -0.2) is 56.3 Å². The maximum Gasteiger partial charge on any atom is 0.244 e. The van der Waals surface area contributed by atoms with Gasteiger partial charge in [-0.1, -0.05) is 29.8 Å². The van der Waals surface area contributed by atoms with Crippen LogP contribution in [0.15, 0.2) is 47.4 Å². The van der Waals surface area contributed by atoms with Crippen LogP contribution in [0.4, 0.5) is 5.69 Å². The van der Waals surface area contributed by atoms with Gasteiger partial charge in [0.25, 0.3) is 0 Å². The van der Waals surface area contributed by atoms with E-state index in [9.17, 15) is 13.2 Å². The molecule has 2 aromatic rings. The lowest BCUT2D eigenvalue weighted by molar-refractivity contribution is -0.117. The molecule has 2 aromatic carbocycles. The van der Waals surface area contributed by atoms with Crippen LogP contribution in [-0.2, 0) is 14.8 Å². The van der Waals surface area contributed by atoms with Crippen LogP contribution in [0.3, 0.4) is 0 Å². The molecule has 1 aliphatic rings.